The van der Waals surface area contributed by atoms with E-state index in [-0.39, 0.29) is 11.6 Å². The van der Waals surface area contributed by atoms with Crippen molar-refractivity contribution >= 4 is 0 Å². The minimum absolute atomic E-state index is 0.161. The lowest BCUT2D eigenvalue weighted by atomic mass is 9.96. The molecule has 118 valence electrons. The Hall–Kier alpha value is -2.67. The highest BCUT2D eigenvalue weighted by Crippen LogP contribution is 2.27. The largest absolute Gasteiger partial charge is 0.508 e. The third kappa shape index (κ3) is 2.95. The van der Waals surface area contributed by atoms with Crippen molar-refractivity contribution in [3.05, 3.63) is 36.2 Å². The van der Waals surface area contributed by atoms with Crippen LogP contribution in [-0.2, 0) is 11.3 Å². The summed E-state index contributed by atoms with van der Waals surface area (Å²) in [6.45, 7) is 0.339. The van der Waals surface area contributed by atoms with E-state index in [1.54, 1.807) is 24.3 Å². The van der Waals surface area contributed by atoms with Crippen molar-refractivity contribution in [3.63, 3.8) is 0 Å². The van der Waals surface area contributed by atoms with Crippen molar-refractivity contribution in [2.75, 3.05) is 0 Å². The van der Waals surface area contributed by atoms with Crippen LogP contribution in [-0.4, -0.2) is 26.5 Å². The zero-order valence-electron chi connectivity index (χ0n) is 12.3. The van der Waals surface area contributed by atoms with E-state index in [4.69, 9.17) is 13.8 Å². The lowest BCUT2D eigenvalue weighted by Crippen LogP contribution is -2.21. The average molecular weight is 313 g/mol. The Bertz CT molecular complexity index is 807. The number of phenols is 1. The third-order valence-corrected chi connectivity index (χ3v) is 3.83. The molecule has 1 N–H and O–H groups in total. The SMILES string of the molecule is Oc1cccc(-c2cc(-c3nc(COC4CCC4)no3)no2)c1. The van der Waals surface area contributed by atoms with Gasteiger partial charge in [0.25, 0.3) is 5.89 Å². The Morgan fingerprint density at radius 2 is 2.09 bits per heavy atom. The van der Waals surface area contributed by atoms with Gasteiger partial charge in [-0.25, -0.2) is 0 Å². The minimum Gasteiger partial charge on any atom is -0.508 e. The number of ether oxygens (including phenoxy) is 1. The molecule has 1 aromatic carbocycles. The second-order valence-electron chi connectivity index (χ2n) is 5.51. The van der Waals surface area contributed by atoms with E-state index in [0.717, 1.165) is 18.4 Å². The molecule has 1 saturated carbocycles. The van der Waals surface area contributed by atoms with Gasteiger partial charge in [-0.2, -0.15) is 4.98 Å². The topological polar surface area (TPSA) is 94.4 Å². The first-order chi connectivity index (χ1) is 11.3. The zero-order valence-corrected chi connectivity index (χ0v) is 12.3. The molecule has 0 amide bonds. The summed E-state index contributed by atoms with van der Waals surface area (Å²) in [6, 6.07) is 8.42. The molecule has 23 heavy (non-hydrogen) atoms. The number of aromatic hydroxyl groups is 1. The van der Waals surface area contributed by atoms with Gasteiger partial charge >= 0.3 is 0 Å². The summed E-state index contributed by atoms with van der Waals surface area (Å²) in [5.74, 6) is 1.45. The maximum atomic E-state index is 9.51. The van der Waals surface area contributed by atoms with E-state index in [0.29, 0.717) is 30.0 Å². The predicted octanol–water partition coefficient (Wildman–Crippen LogP) is 3.17. The van der Waals surface area contributed by atoms with Gasteiger partial charge in [0.1, 0.15) is 12.4 Å². The third-order valence-electron chi connectivity index (χ3n) is 3.83. The van der Waals surface area contributed by atoms with E-state index in [1.807, 2.05) is 6.07 Å². The number of aromatic nitrogens is 3. The molecule has 0 unspecified atom stereocenters. The van der Waals surface area contributed by atoms with Crippen LogP contribution >= 0.6 is 0 Å². The Morgan fingerprint density at radius 3 is 2.87 bits per heavy atom. The molecular formula is C16H15N3O4. The molecule has 1 aliphatic carbocycles. The van der Waals surface area contributed by atoms with Crippen molar-refractivity contribution in [1.82, 2.24) is 15.3 Å². The fourth-order valence-electron chi connectivity index (χ4n) is 2.32. The number of hydrogen-bond donors (Lipinski definition) is 1. The molecule has 1 fully saturated rings. The Labute approximate surface area is 131 Å². The Kier molecular flexibility index (Phi) is 3.55. The van der Waals surface area contributed by atoms with Crippen molar-refractivity contribution in [2.45, 2.75) is 32.0 Å². The zero-order chi connectivity index (χ0) is 15.6. The van der Waals surface area contributed by atoms with E-state index < -0.39 is 0 Å². The number of rotatable bonds is 5. The van der Waals surface area contributed by atoms with Gasteiger partial charge in [0.15, 0.2) is 17.3 Å². The molecule has 7 heteroatoms. The van der Waals surface area contributed by atoms with Crippen LogP contribution in [0.1, 0.15) is 25.1 Å². The lowest BCUT2D eigenvalue weighted by Gasteiger charge is -2.24. The van der Waals surface area contributed by atoms with Gasteiger partial charge in [-0.15, -0.1) is 0 Å². The fraction of sp³-hybridized carbons (Fsp3) is 0.312. The standard InChI is InChI=1S/C16H15N3O4/c20-11-4-1-3-10(7-11)14-8-13(18-22-14)16-17-15(19-23-16)9-21-12-5-2-6-12/h1,3-4,7-8,12,20H,2,5-6,9H2. The highest BCUT2D eigenvalue weighted by molar-refractivity contribution is 5.63. The fourth-order valence-corrected chi connectivity index (χ4v) is 2.32. The average Bonchev–Trinajstić information content (AvgIpc) is 3.14. The van der Waals surface area contributed by atoms with E-state index in [9.17, 15) is 5.11 Å². The first-order valence-electron chi connectivity index (χ1n) is 7.48. The first-order valence-corrected chi connectivity index (χ1v) is 7.48. The van der Waals surface area contributed by atoms with Gasteiger partial charge in [-0.3, -0.25) is 0 Å². The van der Waals surface area contributed by atoms with Gasteiger partial charge < -0.3 is 18.9 Å². The number of nitrogens with zero attached hydrogens (tertiary/aromatic N) is 3. The maximum Gasteiger partial charge on any atom is 0.280 e. The molecule has 0 saturated heterocycles. The van der Waals surface area contributed by atoms with E-state index >= 15 is 0 Å². The molecule has 7 nitrogen and oxygen atoms in total. The van der Waals surface area contributed by atoms with E-state index in [2.05, 4.69) is 15.3 Å². The molecule has 3 aromatic rings. The van der Waals surface area contributed by atoms with Gasteiger partial charge in [0, 0.05) is 11.6 Å². The second-order valence-corrected chi connectivity index (χ2v) is 5.51. The highest BCUT2D eigenvalue weighted by atomic mass is 16.5. The molecular weight excluding hydrogens is 298 g/mol. The van der Waals surface area contributed by atoms with Gasteiger partial charge in [-0.1, -0.05) is 22.4 Å². The Morgan fingerprint density at radius 1 is 1.17 bits per heavy atom. The summed E-state index contributed by atoms with van der Waals surface area (Å²) in [7, 11) is 0. The minimum atomic E-state index is 0.161. The van der Waals surface area contributed by atoms with Crippen molar-refractivity contribution in [2.24, 2.45) is 0 Å². The number of phenolic OH excluding ortho intramolecular Hbond substituents is 1. The lowest BCUT2D eigenvalue weighted by molar-refractivity contribution is -0.0123. The second kappa shape index (κ2) is 5.85. The maximum absolute atomic E-state index is 9.51. The molecule has 0 bridgehead atoms. The molecule has 1 aliphatic rings. The predicted molar refractivity (Wildman–Crippen MR) is 79.3 cm³/mol. The Balaban J connectivity index is 1.49. The molecule has 0 radical (unpaired) electrons. The quantitative estimate of drug-likeness (QED) is 0.773. The summed E-state index contributed by atoms with van der Waals surface area (Å²) < 4.78 is 16.1. The van der Waals surface area contributed by atoms with Crippen LogP contribution in [0.25, 0.3) is 22.9 Å². The smallest absolute Gasteiger partial charge is 0.280 e. The molecule has 2 heterocycles. The number of hydrogen-bond acceptors (Lipinski definition) is 7. The summed E-state index contributed by atoms with van der Waals surface area (Å²) >= 11 is 0. The van der Waals surface area contributed by atoms with Crippen LogP contribution in [0.4, 0.5) is 0 Å². The molecule has 2 aromatic heterocycles. The molecule has 0 aliphatic heterocycles. The molecule has 0 atom stereocenters. The van der Waals surface area contributed by atoms with Crippen LogP contribution in [0.5, 0.6) is 5.75 Å². The highest BCUT2D eigenvalue weighted by Gasteiger charge is 2.20. The summed E-state index contributed by atoms with van der Waals surface area (Å²) in [5, 5.41) is 17.3. The first kappa shape index (κ1) is 14.0. The monoisotopic (exact) mass is 313 g/mol. The van der Waals surface area contributed by atoms with Gasteiger partial charge in [-0.05, 0) is 31.4 Å². The summed E-state index contributed by atoms with van der Waals surface area (Å²) in [4.78, 5) is 4.26. The van der Waals surface area contributed by atoms with Crippen molar-refractivity contribution in [3.8, 4) is 28.7 Å². The van der Waals surface area contributed by atoms with Crippen LogP contribution in [0.15, 0.2) is 39.4 Å². The van der Waals surface area contributed by atoms with Crippen LogP contribution in [0.2, 0.25) is 0 Å². The van der Waals surface area contributed by atoms with Crippen LogP contribution in [0.3, 0.4) is 0 Å². The van der Waals surface area contributed by atoms with Crippen LogP contribution in [0, 0.1) is 0 Å². The number of benzene rings is 1. The van der Waals surface area contributed by atoms with Crippen molar-refractivity contribution in [1.29, 1.82) is 0 Å². The van der Waals surface area contributed by atoms with Crippen LogP contribution < -0.4 is 0 Å². The van der Waals surface area contributed by atoms with Gasteiger partial charge in [0.2, 0.25) is 0 Å². The molecule has 4 rings (SSSR count). The van der Waals surface area contributed by atoms with Crippen molar-refractivity contribution < 1.29 is 18.9 Å². The molecule has 0 spiro atoms. The summed E-state index contributed by atoms with van der Waals surface area (Å²) in [6.07, 6.45) is 3.74. The normalized spacial score (nSPS) is 14.8. The van der Waals surface area contributed by atoms with E-state index in [1.165, 1.54) is 6.42 Å². The summed E-state index contributed by atoms with van der Waals surface area (Å²) in [5.41, 5.74) is 1.17. The van der Waals surface area contributed by atoms with Gasteiger partial charge in [0.05, 0.1) is 6.10 Å².